The first kappa shape index (κ1) is 15.1. The number of nitrogens with one attached hydrogen (secondary N) is 1. The molecule has 0 unspecified atom stereocenters. The Hall–Kier alpha value is -1.28. The maximum atomic E-state index is 3.37. The molecule has 0 fully saturated rings. The van der Waals surface area contributed by atoms with Crippen LogP contribution < -0.4 is 0 Å². The van der Waals surface area contributed by atoms with Gasteiger partial charge in [-0.1, -0.05) is 18.2 Å². The van der Waals surface area contributed by atoms with Gasteiger partial charge in [0.2, 0.25) is 0 Å². The summed E-state index contributed by atoms with van der Waals surface area (Å²) in [5, 5.41) is 1.36. The molecule has 20 heavy (non-hydrogen) atoms. The third-order valence-electron chi connectivity index (χ3n) is 3.90. The average Bonchev–Trinajstić information content (AvgIpc) is 2.69. The van der Waals surface area contributed by atoms with Crippen LogP contribution in [0.25, 0.3) is 10.9 Å². The number of hydrogen-bond donors (Lipinski definition) is 1. The van der Waals surface area contributed by atoms with Gasteiger partial charge in [-0.2, -0.15) is 0 Å². The Kier molecular flexibility index (Phi) is 3.97. The van der Waals surface area contributed by atoms with Crippen molar-refractivity contribution in [1.29, 1.82) is 0 Å². The lowest BCUT2D eigenvalue weighted by molar-refractivity contribution is 0.0399. The van der Waals surface area contributed by atoms with Crippen LogP contribution in [0.1, 0.15) is 47.1 Å². The average molecular weight is 272 g/mol. The minimum Gasteiger partial charge on any atom is -0.361 e. The minimum absolute atomic E-state index is 0.185. The van der Waals surface area contributed by atoms with Gasteiger partial charge in [0.25, 0.3) is 0 Å². The highest BCUT2D eigenvalue weighted by atomic mass is 15.2. The van der Waals surface area contributed by atoms with Crippen molar-refractivity contribution in [2.75, 3.05) is 6.54 Å². The fraction of sp³-hybridized carbons (Fsp3) is 0.556. The van der Waals surface area contributed by atoms with Crippen molar-refractivity contribution in [3.05, 3.63) is 36.0 Å². The van der Waals surface area contributed by atoms with E-state index in [1.807, 2.05) is 0 Å². The van der Waals surface area contributed by atoms with E-state index in [-0.39, 0.29) is 11.1 Å². The van der Waals surface area contributed by atoms with Crippen molar-refractivity contribution in [3.8, 4) is 0 Å². The lowest BCUT2D eigenvalue weighted by atomic mass is 9.95. The Morgan fingerprint density at radius 2 is 1.55 bits per heavy atom. The summed E-state index contributed by atoms with van der Waals surface area (Å²) in [5.74, 6) is 0. The molecule has 2 aromatic rings. The van der Waals surface area contributed by atoms with Crippen LogP contribution in [-0.2, 0) is 6.42 Å². The zero-order valence-electron chi connectivity index (χ0n) is 13.7. The number of fused-ring (bicyclic) bond motifs is 1. The van der Waals surface area contributed by atoms with Crippen LogP contribution in [-0.4, -0.2) is 27.5 Å². The number of H-pyrrole nitrogens is 1. The summed E-state index contributed by atoms with van der Waals surface area (Å²) in [4.78, 5) is 5.96. The molecule has 0 aliphatic carbocycles. The molecule has 0 saturated carbocycles. The summed E-state index contributed by atoms with van der Waals surface area (Å²) in [6.45, 7) is 14.9. The van der Waals surface area contributed by atoms with E-state index in [0.717, 1.165) is 13.0 Å². The first-order valence-corrected chi connectivity index (χ1v) is 7.52. The van der Waals surface area contributed by atoms with E-state index in [1.54, 1.807) is 0 Å². The number of para-hydroxylation sites is 1. The van der Waals surface area contributed by atoms with E-state index in [0.29, 0.717) is 0 Å². The molecule has 1 aromatic carbocycles. The molecule has 1 N–H and O–H groups in total. The van der Waals surface area contributed by atoms with Crippen molar-refractivity contribution >= 4 is 10.9 Å². The van der Waals surface area contributed by atoms with E-state index >= 15 is 0 Å². The predicted octanol–water partition coefficient (Wildman–Crippen LogP) is 4.61. The monoisotopic (exact) mass is 272 g/mol. The number of nitrogens with zero attached hydrogens (tertiary/aromatic N) is 1. The molecule has 0 bridgehead atoms. The molecule has 1 aromatic heterocycles. The van der Waals surface area contributed by atoms with Gasteiger partial charge >= 0.3 is 0 Å². The fourth-order valence-corrected chi connectivity index (χ4v) is 3.25. The molecule has 0 radical (unpaired) electrons. The summed E-state index contributed by atoms with van der Waals surface area (Å²) in [7, 11) is 0. The van der Waals surface area contributed by atoms with Crippen molar-refractivity contribution in [3.63, 3.8) is 0 Å². The van der Waals surface area contributed by atoms with Gasteiger partial charge in [-0.05, 0) is 59.6 Å². The molecule has 2 heteroatoms. The number of rotatable bonds is 3. The molecule has 0 atom stereocenters. The molecule has 0 aliphatic rings. The fourth-order valence-electron chi connectivity index (χ4n) is 3.25. The Balaban J connectivity index is 2.18. The number of aromatic amines is 1. The lowest BCUT2D eigenvalue weighted by Crippen LogP contribution is -2.53. The summed E-state index contributed by atoms with van der Waals surface area (Å²) in [5.41, 5.74) is 3.02. The molecular formula is C18H28N2. The van der Waals surface area contributed by atoms with Gasteiger partial charge in [-0.25, -0.2) is 0 Å². The maximum Gasteiger partial charge on any atom is 0.0456 e. The van der Waals surface area contributed by atoms with Crippen molar-refractivity contribution in [2.45, 2.75) is 59.0 Å². The molecule has 0 spiro atoms. The van der Waals surface area contributed by atoms with Crippen molar-refractivity contribution in [2.24, 2.45) is 0 Å². The molecule has 2 nitrogen and oxygen atoms in total. The molecular weight excluding hydrogens is 244 g/mol. The molecule has 2 rings (SSSR count). The number of aromatic nitrogens is 1. The first-order valence-electron chi connectivity index (χ1n) is 7.52. The molecule has 0 aliphatic heterocycles. The lowest BCUT2D eigenvalue weighted by Gasteiger charge is -2.45. The molecule has 110 valence electrons. The van der Waals surface area contributed by atoms with Crippen LogP contribution in [0.2, 0.25) is 0 Å². The van der Waals surface area contributed by atoms with Gasteiger partial charge in [0.1, 0.15) is 0 Å². The second-order valence-corrected chi connectivity index (χ2v) is 7.60. The molecule has 1 heterocycles. The summed E-state index contributed by atoms with van der Waals surface area (Å²) in [6.07, 6.45) is 3.24. The van der Waals surface area contributed by atoms with Gasteiger partial charge in [0, 0.05) is 34.7 Å². The Labute approximate surface area is 123 Å². The van der Waals surface area contributed by atoms with E-state index < -0.39 is 0 Å². The largest absolute Gasteiger partial charge is 0.361 e. The highest BCUT2D eigenvalue weighted by molar-refractivity contribution is 5.83. The van der Waals surface area contributed by atoms with Crippen LogP contribution >= 0.6 is 0 Å². The smallest absolute Gasteiger partial charge is 0.0456 e. The Bertz CT molecular complexity index is 553. The normalized spacial score (nSPS) is 13.3. The highest BCUT2D eigenvalue weighted by Gasteiger charge is 2.30. The SMILES string of the molecule is CC(C)(C)N(CCc1c[nH]c2ccccc12)C(C)(C)C. The molecule has 0 saturated heterocycles. The van der Waals surface area contributed by atoms with Crippen molar-refractivity contribution < 1.29 is 0 Å². The van der Waals surface area contributed by atoms with Crippen LogP contribution in [0, 0.1) is 0 Å². The van der Waals surface area contributed by atoms with E-state index in [9.17, 15) is 0 Å². The van der Waals surface area contributed by atoms with Crippen LogP contribution in [0.15, 0.2) is 30.5 Å². The zero-order chi connectivity index (χ0) is 15.0. The van der Waals surface area contributed by atoms with Crippen LogP contribution in [0.5, 0.6) is 0 Å². The van der Waals surface area contributed by atoms with Crippen molar-refractivity contribution in [1.82, 2.24) is 9.88 Å². The zero-order valence-corrected chi connectivity index (χ0v) is 13.7. The van der Waals surface area contributed by atoms with Gasteiger partial charge < -0.3 is 4.98 Å². The summed E-state index contributed by atoms with van der Waals surface area (Å²) in [6, 6.07) is 8.55. The Morgan fingerprint density at radius 1 is 0.950 bits per heavy atom. The summed E-state index contributed by atoms with van der Waals surface area (Å²) < 4.78 is 0. The molecule has 0 amide bonds. The minimum atomic E-state index is 0.185. The second-order valence-electron chi connectivity index (χ2n) is 7.60. The summed E-state index contributed by atoms with van der Waals surface area (Å²) >= 11 is 0. The second kappa shape index (κ2) is 5.25. The van der Waals surface area contributed by atoms with E-state index in [2.05, 4.69) is 81.9 Å². The maximum absolute atomic E-state index is 3.37. The van der Waals surface area contributed by atoms with E-state index in [4.69, 9.17) is 0 Å². The van der Waals surface area contributed by atoms with E-state index in [1.165, 1.54) is 16.5 Å². The highest BCUT2D eigenvalue weighted by Crippen LogP contribution is 2.26. The number of hydrogen-bond acceptors (Lipinski definition) is 1. The first-order chi connectivity index (χ1) is 9.19. The topological polar surface area (TPSA) is 19.0 Å². The standard InChI is InChI=1S/C18H28N2/c1-17(2,3)20(18(4,5)6)12-11-14-13-19-16-10-8-7-9-15(14)16/h7-10,13,19H,11-12H2,1-6H3. The Morgan fingerprint density at radius 3 is 2.15 bits per heavy atom. The third kappa shape index (κ3) is 3.24. The third-order valence-corrected chi connectivity index (χ3v) is 3.90. The predicted molar refractivity (Wildman–Crippen MR) is 88.2 cm³/mol. The van der Waals surface area contributed by atoms with Gasteiger partial charge in [-0.15, -0.1) is 0 Å². The van der Waals surface area contributed by atoms with Crippen LogP contribution in [0.3, 0.4) is 0 Å². The van der Waals surface area contributed by atoms with Gasteiger partial charge in [0.15, 0.2) is 0 Å². The van der Waals surface area contributed by atoms with Gasteiger partial charge in [0.05, 0.1) is 0 Å². The number of benzene rings is 1. The quantitative estimate of drug-likeness (QED) is 0.864. The van der Waals surface area contributed by atoms with Crippen LogP contribution in [0.4, 0.5) is 0 Å². The van der Waals surface area contributed by atoms with Gasteiger partial charge in [-0.3, -0.25) is 4.90 Å².